The number of rotatable bonds is 5. The van der Waals surface area contributed by atoms with Crippen molar-refractivity contribution in [2.45, 2.75) is 19.1 Å². The standard InChI is InChI=1S/C28H25F3N2O4/c1-16-8-13-22(37-4)21(14-16)25(34)23-24(17-9-11-19(12-10-17)32(2)3)33(27(36)26(23)35)20-7-5-6-18(15-20)28(29,30)31/h5-15,24,34H,1-4H3/b25-23+. The van der Waals surface area contributed by atoms with Crippen LogP contribution in [0.25, 0.3) is 5.76 Å². The summed E-state index contributed by atoms with van der Waals surface area (Å²) in [7, 11) is 5.08. The number of Topliss-reactive ketones (excluding diaryl/α,β-unsaturated/α-hetero) is 1. The Labute approximate surface area is 212 Å². The van der Waals surface area contributed by atoms with E-state index in [1.54, 1.807) is 49.4 Å². The first-order chi connectivity index (χ1) is 17.4. The highest BCUT2D eigenvalue weighted by atomic mass is 19.4. The Morgan fingerprint density at radius 3 is 2.27 bits per heavy atom. The van der Waals surface area contributed by atoms with Gasteiger partial charge < -0.3 is 14.7 Å². The average Bonchev–Trinajstić information content (AvgIpc) is 3.13. The summed E-state index contributed by atoms with van der Waals surface area (Å²) in [6.07, 6.45) is -4.65. The topological polar surface area (TPSA) is 70.1 Å². The molecule has 1 atom stereocenters. The summed E-state index contributed by atoms with van der Waals surface area (Å²) in [5.74, 6) is -2.26. The predicted molar refractivity (Wildman–Crippen MR) is 135 cm³/mol. The van der Waals surface area contributed by atoms with Crippen LogP contribution in [0.2, 0.25) is 0 Å². The van der Waals surface area contributed by atoms with E-state index < -0.39 is 35.2 Å². The molecule has 0 saturated carbocycles. The van der Waals surface area contributed by atoms with Gasteiger partial charge in [0.05, 0.1) is 29.9 Å². The van der Waals surface area contributed by atoms with Crippen LogP contribution in [-0.2, 0) is 15.8 Å². The van der Waals surface area contributed by atoms with Crippen molar-refractivity contribution < 1.29 is 32.6 Å². The SMILES string of the molecule is COc1ccc(C)cc1/C(O)=C1\C(=O)C(=O)N(c2cccc(C(F)(F)F)c2)C1c1ccc(N(C)C)cc1. The highest BCUT2D eigenvalue weighted by Gasteiger charge is 2.47. The molecule has 1 unspecified atom stereocenters. The third-order valence-corrected chi connectivity index (χ3v) is 6.23. The second kappa shape index (κ2) is 9.65. The van der Waals surface area contributed by atoms with Crippen molar-refractivity contribution in [2.75, 3.05) is 31.0 Å². The Bertz CT molecular complexity index is 1400. The third kappa shape index (κ3) is 4.76. The summed E-state index contributed by atoms with van der Waals surface area (Å²) in [5.41, 5.74) is 0.906. The van der Waals surface area contributed by atoms with E-state index in [-0.39, 0.29) is 22.6 Å². The Hall–Kier alpha value is -4.27. The van der Waals surface area contributed by atoms with Gasteiger partial charge in [0.1, 0.15) is 11.5 Å². The molecule has 1 amide bonds. The zero-order chi connectivity index (χ0) is 27.1. The smallest absolute Gasteiger partial charge is 0.416 e. The van der Waals surface area contributed by atoms with Crippen LogP contribution in [0.15, 0.2) is 72.3 Å². The summed E-state index contributed by atoms with van der Waals surface area (Å²) in [6.45, 7) is 1.79. The fourth-order valence-corrected chi connectivity index (χ4v) is 4.35. The molecule has 6 nitrogen and oxygen atoms in total. The quantitative estimate of drug-likeness (QED) is 0.270. The van der Waals surface area contributed by atoms with Gasteiger partial charge in [-0.2, -0.15) is 13.2 Å². The number of benzene rings is 3. The van der Waals surface area contributed by atoms with Crippen LogP contribution >= 0.6 is 0 Å². The van der Waals surface area contributed by atoms with E-state index in [1.165, 1.54) is 19.2 Å². The van der Waals surface area contributed by atoms with Crippen LogP contribution in [0.4, 0.5) is 24.5 Å². The van der Waals surface area contributed by atoms with Crippen LogP contribution < -0.4 is 14.5 Å². The van der Waals surface area contributed by atoms with Crippen LogP contribution in [-0.4, -0.2) is 38.0 Å². The zero-order valence-corrected chi connectivity index (χ0v) is 20.6. The van der Waals surface area contributed by atoms with E-state index >= 15 is 0 Å². The lowest BCUT2D eigenvalue weighted by Gasteiger charge is -2.26. The minimum absolute atomic E-state index is 0.117. The van der Waals surface area contributed by atoms with Gasteiger partial charge in [-0.05, 0) is 55.0 Å². The second-order valence-corrected chi connectivity index (χ2v) is 8.91. The summed E-state index contributed by atoms with van der Waals surface area (Å²) in [4.78, 5) is 29.5. The van der Waals surface area contributed by atoms with E-state index in [0.717, 1.165) is 28.3 Å². The molecule has 1 saturated heterocycles. The molecule has 0 aliphatic carbocycles. The number of anilines is 2. The fourth-order valence-electron chi connectivity index (χ4n) is 4.35. The van der Waals surface area contributed by atoms with Gasteiger partial charge in [0.15, 0.2) is 0 Å². The van der Waals surface area contributed by atoms with Gasteiger partial charge in [-0.1, -0.05) is 29.8 Å². The number of aliphatic hydroxyl groups is 1. The van der Waals surface area contributed by atoms with Gasteiger partial charge in [0, 0.05) is 25.5 Å². The Morgan fingerprint density at radius 2 is 1.68 bits per heavy atom. The van der Waals surface area contributed by atoms with Crippen molar-refractivity contribution in [3.05, 3.63) is 94.6 Å². The molecule has 192 valence electrons. The zero-order valence-electron chi connectivity index (χ0n) is 20.6. The Kier molecular flexibility index (Phi) is 6.73. The molecule has 1 heterocycles. The largest absolute Gasteiger partial charge is 0.507 e. The molecule has 1 aliphatic rings. The van der Waals surface area contributed by atoms with Crippen LogP contribution in [0.3, 0.4) is 0 Å². The predicted octanol–water partition coefficient (Wildman–Crippen LogP) is 5.71. The number of halogens is 3. The number of ketones is 1. The minimum Gasteiger partial charge on any atom is -0.507 e. The van der Waals surface area contributed by atoms with E-state index in [4.69, 9.17) is 4.74 Å². The van der Waals surface area contributed by atoms with Crippen LogP contribution in [0, 0.1) is 6.92 Å². The van der Waals surface area contributed by atoms with Crippen molar-refractivity contribution in [2.24, 2.45) is 0 Å². The van der Waals surface area contributed by atoms with Gasteiger partial charge in [0.25, 0.3) is 11.7 Å². The lowest BCUT2D eigenvalue weighted by atomic mass is 9.94. The van der Waals surface area contributed by atoms with E-state index in [1.807, 2.05) is 19.0 Å². The number of hydrogen-bond acceptors (Lipinski definition) is 5. The molecule has 0 spiro atoms. The number of ether oxygens (including phenoxy) is 1. The minimum atomic E-state index is -4.65. The van der Waals surface area contributed by atoms with Crippen molar-refractivity contribution in [3.8, 4) is 5.75 Å². The number of amides is 1. The number of hydrogen-bond donors (Lipinski definition) is 1. The van der Waals surface area contributed by atoms with E-state index in [0.29, 0.717) is 5.56 Å². The van der Waals surface area contributed by atoms with Crippen LogP contribution in [0.1, 0.15) is 28.3 Å². The lowest BCUT2D eigenvalue weighted by molar-refractivity contribution is -0.137. The molecule has 0 aromatic heterocycles. The first-order valence-corrected chi connectivity index (χ1v) is 11.3. The second-order valence-electron chi connectivity index (χ2n) is 8.91. The molecule has 0 bridgehead atoms. The van der Waals surface area contributed by atoms with Crippen molar-refractivity contribution in [1.82, 2.24) is 0 Å². The molecule has 37 heavy (non-hydrogen) atoms. The maximum atomic E-state index is 13.5. The fraction of sp³-hybridized carbons (Fsp3) is 0.214. The number of aryl methyl sites for hydroxylation is 1. The van der Waals surface area contributed by atoms with Gasteiger partial charge >= 0.3 is 6.18 Å². The van der Waals surface area contributed by atoms with E-state index in [9.17, 15) is 27.9 Å². The first kappa shape index (κ1) is 25.8. The van der Waals surface area contributed by atoms with E-state index in [2.05, 4.69) is 0 Å². The molecular weight excluding hydrogens is 485 g/mol. The summed E-state index contributed by atoms with van der Waals surface area (Å²) < 4.78 is 45.8. The third-order valence-electron chi connectivity index (χ3n) is 6.23. The van der Waals surface area contributed by atoms with Gasteiger partial charge in [-0.15, -0.1) is 0 Å². The highest BCUT2D eigenvalue weighted by molar-refractivity contribution is 6.51. The molecule has 4 rings (SSSR count). The maximum absolute atomic E-state index is 13.5. The molecule has 0 radical (unpaired) electrons. The molecule has 9 heteroatoms. The number of carbonyl (C=O) groups is 2. The summed E-state index contributed by atoms with van der Waals surface area (Å²) in [5, 5.41) is 11.4. The van der Waals surface area contributed by atoms with Gasteiger partial charge in [-0.3, -0.25) is 14.5 Å². The lowest BCUT2D eigenvalue weighted by Crippen LogP contribution is -2.29. The molecule has 1 aliphatic heterocycles. The summed E-state index contributed by atoms with van der Waals surface area (Å²) in [6, 6.07) is 14.9. The normalized spacial score (nSPS) is 17.3. The number of aliphatic hydroxyl groups excluding tert-OH is 1. The van der Waals surface area contributed by atoms with Crippen LogP contribution in [0.5, 0.6) is 5.75 Å². The number of carbonyl (C=O) groups excluding carboxylic acids is 2. The Morgan fingerprint density at radius 1 is 1.00 bits per heavy atom. The molecule has 1 N–H and O–H groups in total. The van der Waals surface area contributed by atoms with Gasteiger partial charge in [-0.25, -0.2) is 0 Å². The van der Waals surface area contributed by atoms with Crippen molar-refractivity contribution in [1.29, 1.82) is 0 Å². The van der Waals surface area contributed by atoms with Gasteiger partial charge in [0.2, 0.25) is 0 Å². The molecule has 3 aromatic carbocycles. The molecular formula is C28H25F3N2O4. The highest BCUT2D eigenvalue weighted by Crippen LogP contribution is 2.44. The number of alkyl halides is 3. The number of methoxy groups -OCH3 is 1. The van der Waals surface area contributed by atoms with Crippen molar-refractivity contribution >= 4 is 28.8 Å². The Balaban J connectivity index is 1.98. The first-order valence-electron chi connectivity index (χ1n) is 11.3. The summed E-state index contributed by atoms with van der Waals surface area (Å²) >= 11 is 0. The van der Waals surface area contributed by atoms with Crippen molar-refractivity contribution in [3.63, 3.8) is 0 Å². The maximum Gasteiger partial charge on any atom is 0.416 e. The molecule has 3 aromatic rings. The monoisotopic (exact) mass is 510 g/mol. The number of nitrogens with zero attached hydrogens (tertiary/aromatic N) is 2. The average molecular weight is 511 g/mol. The molecule has 1 fully saturated rings.